The predicted octanol–water partition coefficient (Wildman–Crippen LogP) is -2.28. The molecular formula is C19H21FN3NaO4. The first-order chi connectivity index (χ1) is 12.6. The van der Waals surface area contributed by atoms with E-state index in [-0.39, 0.29) is 58.0 Å². The third kappa shape index (κ3) is 3.03. The Labute approximate surface area is 184 Å². The number of halogens is 1. The zero-order valence-electron chi connectivity index (χ0n) is 16.3. The minimum atomic E-state index is -1.71. The van der Waals surface area contributed by atoms with Gasteiger partial charge in [0.15, 0.2) is 5.69 Å². The molecule has 1 aromatic carbocycles. The van der Waals surface area contributed by atoms with Crippen molar-refractivity contribution in [1.29, 1.82) is 0 Å². The van der Waals surface area contributed by atoms with Gasteiger partial charge in [0.2, 0.25) is 5.78 Å². The van der Waals surface area contributed by atoms with E-state index < -0.39 is 27.8 Å². The molecule has 1 unspecified atom stereocenters. The van der Waals surface area contributed by atoms with Crippen LogP contribution in [-0.2, 0) is 4.79 Å². The molecule has 3 aliphatic rings. The van der Waals surface area contributed by atoms with E-state index in [4.69, 9.17) is 5.73 Å². The molecule has 1 aliphatic carbocycles. The molecule has 0 bridgehead atoms. The number of benzene rings is 1. The van der Waals surface area contributed by atoms with Gasteiger partial charge in [-0.1, -0.05) is 6.92 Å². The van der Waals surface area contributed by atoms with E-state index in [2.05, 4.69) is 0 Å². The maximum Gasteiger partial charge on any atom is 1.00 e. The van der Waals surface area contributed by atoms with Gasteiger partial charge >= 0.3 is 29.6 Å². The van der Waals surface area contributed by atoms with Gasteiger partial charge in [0.05, 0.1) is 28.8 Å². The molecule has 0 spiro atoms. The quantitative estimate of drug-likeness (QED) is 0.265. The van der Waals surface area contributed by atoms with Crippen molar-refractivity contribution < 1.29 is 48.6 Å². The summed E-state index contributed by atoms with van der Waals surface area (Å²) in [6.45, 7) is 5.20. The summed E-state index contributed by atoms with van der Waals surface area (Å²) in [5.41, 5.74) is 5.58. The molecule has 144 valence electrons. The molecule has 0 amide bonds. The average Bonchev–Trinajstić information content (AvgIpc) is 3.41. The fraction of sp³-hybridized carbons (Fsp3) is 0.474. The van der Waals surface area contributed by atoms with E-state index >= 15 is 0 Å². The van der Waals surface area contributed by atoms with Crippen molar-refractivity contribution in [1.82, 2.24) is 4.65 Å². The molecule has 1 atom stereocenters. The third-order valence-corrected chi connectivity index (χ3v) is 5.89. The molecule has 1 saturated carbocycles. The fourth-order valence-corrected chi connectivity index (χ4v) is 4.28. The minimum absolute atomic E-state index is 0. The average molecular weight is 397 g/mol. The number of fused-ring (bicyclic) bond motifs is 1. The molecule has 0 aromatic heterocycles. The Hall–Kier alpha value is -1.29. The number of carbonyl (C=O) groups excluding carboxylic acids is 2. The van der Waals surface area contributed by atoms with Crippen LogP contribution in [0.5, 0.6) is 0 Å². The summed E-state index contributed by atoms with van der Waals surface area (Å²) >= 11 is 0. The van der Waals surface area contributed by atoms with Crippen LogP contribution in [0, 0.1) is 23.4 Å². The summed E-state index contributed by atoms with van der Waals surface area (Å²) in [5, 5.41) is 25.0. The molecule has 1 aromatic rings. The van der Waals surface area contributed by atoms with Crippen LogP contribution in [0.2, 0.25) is 0 Å². The molecule has 7 nitrogen and oxygen atoms in total. The first-order valence-corrected chi connectivity index (χ1v) is 8.98. The smallest absolute Gasteiger partial charge is 0.622 e. The van der Waals surface area contributed by atoms with E-state index in [1.54, 1.807) is 6.92 Å². The van der Waals surface area contributed by atoms with Crippen LogP contribution in [-0.4, -0.2) is 37.4 Å². The monoisotopic (exact) mass is 397 g/mol. The number of carboxylic acids is 1. The SMILES string of the molecule is Cc1c(N2CC(C)(CN)C2)c(F)cc2c1[N+]([O-])(C1CC1)C=C(C(=O)[O-])C2=O.[Na+]. The second kappa shape index (κ2) is 6.90. The Morgan fingerprint density at radius 3 is 2.54 bits per heavy atom. The number of nitrogens with two attached hydrogens (primary N) is 1. The molecule has 9 heteroatoms. The predicted molar refractivity (Wildman–Crippen MR) is 96.1 cm³/mol. The Morgan fingerprint density at radius 1 is 1.43 bits per heavy atom. The van der Waals surface area contributed by atoms with Crippen LogP contribution < -0.4 is 49.9 Å². The van der Waals surface area contributed by atoms with Crippen LogP contribution in [0.3, 0.4) is 0 Å². The number of hydrogen-bond acceptors (Lipinski definition) is 6. The van der Waals surface area contributed by atoms with Gasteiger partial charge in [-0.3, -0.25) is 9.44 Å². The number of carboxylic acid groups (broad SMARTS) is 1. The molecular weight excluding hydrogens is 376 g/mol. The summed E-state index contributed by atoms with van der Waals surface area (Å²) in [5.74, 6) is -3.23. The van der Waals surface area contributed by atoms with Crippen LogP contribution in [0.15, 0.2) is 17.8 Å². The standard InChI is InChI=1S/C19H22FN3O4.Na/c1-10-15(22-8-19(2,7-21)9-22)14(20)5-12-16(10)23(27,11-3-4-11)6-13(17(12)24)18(25)26;/h5-6,11H,3-4,7-9,21H2,1-2H3,(H,25,26);/q;+1/p-1. The van der Waals surface area contributed by atoms with E-state index in [0.717, 1.165) is 12.3 Å². The van der Waals surface area contributed by atoms with Gasteiger partial charge in [-0.15, -0.1) is 0 Å². The summed E-state index contributed by atoms with van der Waals surface area (Å²) in [6.07, 6.45) is 2.16. The van der Waals surface area contributed by atoms with Gasteiger partial charge in [-0.05, 0) is 13.0 Å². The number of hydrogen-bond donors (Lipinski definition) is 1. The normalized spacial score (nSPS) is 25.4. The number of anilines is 1. The summed E-state index contributed by atoms with van der Waals surface area (Å²) in [6, 6.07) is 0.635. The molecule has 4 rings (SSSR count). The van der Waals surface area contributed by atoms with Gasteiger partial charge in [0.25, 0.3) is 0 Å². The Morgan fingerprint density at radius 2 is 2.04 bits per heavy atom. The zero-order valence-corrected chi connectivity index (χ0v) is 18.3. The second-order valence-corrected chi connectivity index (χ2v) is 8.20. The number of ketones is 1. The third-order valence-electron chi connectivity index (χ3n) is 5.89. The first kappa shape index (κ1) is 21.4. The number of Topliss-reactive ketones (excluding diaryl/α,β-unsaturated/α-hetero) is 1. The van der Waals surface area contributed by atoms with Crippen LogP contribution >= 0.6 is 0 Å². The van der Waals surface area contributed by atoms with Gasteiger partial charge < -0.3 is 25.7 Å². The molecule has 2 heterocycles. The Bertz CT molecular complexity index is 909. The first-order valence-electron chi connectivity index (χ1n) is 8.98. The fourth-order valence-electron chi connectivity index (χ4n) is 4.28. The van der Waals surface area contributed by atoms with Crippen molar-refractivity contribution in [3.8, 4) is 0 Å². The van der Waals surface area contributed by atoms with Crippen molar-refractivity contribution in [2.24, 2.45) is 11.1 Å². The number of rotatable bonds is 4. The van der Waals surface area contributed by atoms with Gasteiger partial charge in [-0.2, -0.15) is 0 Å². The van der Waals surface area contributed by atoms with Crippen molar-refractivity contribution >= 4 is 23.1 Å². The van der Waals surface area contributed by atoms with Crippen molar-refractivity contribution in [3.05, 3.63) is 40.0 Å². The van der Waals surface area contributed by atoms with Gasteiger partial charge in [0, 0.05) is 43.5 Å². The summed E-state index contributed by atoms with van der Waals surface area (Å²) in [4.78, 5) is 25.7. The van der Waals surface area contributed by atoms with Crippen LogP contribution in [0.1, 0.15) is 35.7 Å². The van der Waals surface area contributed by atoms with E-state index in [0.29, 0.717) is 38.0 Å². The second-order valence-electron chi connectivity index (χ2n) is 8.20. The van der Waals surface area contributed by atoms with Crippen molar-refractivity contribution in [2.45, 2.75) is 32.7 Å². The van der Waals surface area contributed by atoms with E-state index in [1.165, 1.54) is 0 Å². The number of nitrogens with zero attached hydrogens (tertiary/aromatic N) is 2. The molecule has 2 N–H and O–H groups in total. The topological polar surface area (TPSA) is 110 Å². The van der Waals surface area contributed by atoms with Crippen molar-refractivity contribution in [2.75, 3.05) is 24.5 Å². The summed E-state index contributed by atoms with van der Waals surface area (Å²) in [7, 11) is 0. The van der Waals surface area contributed by atoms with Crippen LogP contribution in [0.4, 0.5) is 15.8 Å². The maximum atomic E-state index is 14.9. The van der Waals surface area contributed by atoms with Gasteiger partial charge in [0.1, 0.15) is 12.0 Å². The largest absolute Gasteiger partial charge is 1.00 e. The van der Waals surface area contributed by atoms with Crippen LogP contribution in [0.25, 0.3) is 0 Å². The van der Waals surface area contributed by atoms with E-state index in [9.17, 15) is 24.3 Å². The Balaban J connectivity index is 0.00000225. The number of carbonyl (C=O) groups is 2. The zero-order chi connectivity index (χ0) is 19.7. The van der Waals surface area contributed by atoms with E-state index in [1.807, 2.05) is 11.8 Å². The Kier molecular flexibility index (Phi) is 5.28. The van der Waals surface area contributed by atoms with Crippen molar-refractivity contribution in [3.63, 3.8) is 0 Å². The number of hydroxylamine groups is 2. The molecule has 0 radical (unpaired) electrons. The number of aliphatic carboxylic acids is 1. The molecule has 2 fully saturated rings. The molecule has 1 saturated heterocycles. The number of quaternary nitrogens is 1. The summed E-state index contributed by atoms with van der Waals surface area (Å²) < 4.78 is 13.9. The molecule has 28 heavy (non-hydrogen) atoms. The van der Waals surface area contributed by atoms with Gasteiger partial charge in [-0.25, -0.2) is 4.39 Å². The maximum absolute atomic E-state index is 14.9. The minimum Gasteiger partial charge on any atom is -0.622 e. The molecule has 2 aliphatic heterocycles.